The van der Waals surface area contributed by atoms with E-state index in [1.54, 1.807) is 0 Å². The normalized spacial score (nSPS) is 25.2. The molecule has 1 aliphatic carbocycles. The van der Waals surface area contributed by atoms with Crippen molar-refractivity contribution < 1.29 is 14.3 Å². The number of nitrogens with one attached hydrogen (secondary N) is 2. The van der Waals surface area contributed by atoms with Gasteiger partial charge in [0.2, 0.25) is 5.78 Å². The predicted octanol–water partition coefficient (Wildman–Crippen LogP) is 3.36. The Bertz CT molecular complexity index is 832. The largest absolute Gasteiger partial charge is 0.457 e. The molecule has 138 valence electrons. The fourth-order valence-electron chi connectivity index (χ4n) is 4.23. The van der Waals surface area contributed by atoms with Crippen molar-refractivity contribution >= 4 is 33.2 Å². The molecular formula is C20H24N2O3S. The van der Waals surface area contributed by atoms with E-state index in [1.807, 2.05) is 31.2 Å². The van der Waals surface area contributed by atoms with Crippen LogP contribution in [0.4, 0.5) is 0 Å². The van der Waals surface area contributed by atoms with E-state index in [0.29, 0.717) is 23.3 Å². The molecule has 2 aliphatic rings. The molecule has 2 fully saturated rings. The summed E-state index contributed by atoms with van der Waals surface area (Å²) in [6.07, 6.45) is 5.08. The summed E-state index contributed by atoms with van der Waals surface area (Å²) in [6.45, 7) is 1.77. The number of carbonyl (C=O) groups is 2. The van der Waals surface area contributed by atoms with Crippen LogP contribution in [-0.2, 0) is 9.53 Å². The lowest BCUT2D eigenvalue weighted by Gasteiger charge is -2.26. The van der Waals surface area contributed by atoms with Crippen LogP contribution in [0.15, 0.2) is 24.3 Å². The van der Waals surface area contributed by atoms with Gasteiger partial charge in [0, 0.05) is 16.8 Å². The number of rotatable bonds is 5. The van der Waals surface area contributed by atoms with Crippen LogP contribution in [-0.4, -0.2) is 30.4 Å². The molecule has 1 saturated heterocycles. The fraction of sp³-hybridized carbons (Fsp3) is 0.500. The van der Waals surface area contributed by atoms with Gasteiger partial charge < -0.3 is 4.74 Å². The van der Waals surface area contributed by atoms with Crippen LogP contribution in [0.2, 0.25) is 0 Å². The zero-order valence-corrected chi connectivity index (χ0v) is 15.7. The minimum atomic E-state index is -0.303. The van der Waals surface area contributed by atoms with Gasteiger partial charge >= 0.3 is 5.97 Å². The number of fused-ring (bicyclic) bond motifs is 2. The molecule has 4 rings (SSSR count). The molecule has 3 atom stereocenters. The molecule has 0 bridgehead atoms. The summed E-state index contributed by atoms with van der Waals surface area (Å²) in [5.74, 6) is 0.0598. The molecule has 0 amide bonds. The predicted molar refractivity (Wildman–Crippen MR) is 102 cm³/mol. The van der Waals surface area contributed by atoms with Gasteiger partial charge in [0.15, 0.2) is 6.61 Å². The highest BCUT2D eigenvalue weighted by Gasteiger charge is 2.38. The maximum atomic E-state index is 12.5. The van der Waals surface area contributed by atoms with Crippen molar-refractivity contribution in [2.24, 2.45) is 5.92 Å². The first-order chi connectivity index (χ1) is 12.6. The van der Waals surface area contributed by atoms with Crippen molar-refractivity contribution in [2.75, 3.05) is 6.61 Å². The third-order valence-electron chi connectivity index (χ3n) is 5.64. The molecule has 5 nitrogen and oxygen atoms in total. The quantitative estimate of drug-likeness (QED) is 0.622. The van der Waals surface area contributed by atoms with E-state index in [9.17, 15) is 9.59 Å². The monoisotopic (exact) mass is 372 g/mol. The molecule has 6 heteroatoms. The number of hydrogen-bond acceptors (Lipinski definition) is 6. The SMILES string of the molecule is Cc1c(C(=O)COC(=O)CC2NNC3CCCCC32)sc2ccccc12. The topological polar surface area (TPSA) is 67.4 Å². The van der Waals surface area contributed by atoms with E-state index < -0.39 is 0 Å². The Balaban J connectivity index is 1.34. The zero-order valence-electron chi connectivity index (χ0n) is 14.9. The Labute approximate surface area is 157 Å². The minimum Gasteiger partial charge on any atom is -0.457 e. The van der Waals surface area contributed by atoms with Crippen LogP contribution in [0.5, 0.6) is 0 Å². The summed E-state index contributed by atoms with van der Waals surface area (Å²) in [7, 11) is 0. The average molecular weight is 372 g/mol. The number of esters is 1. The molecule has 26 heavy (non-hydrogen) atoms. The Kier molecular flexibility index (Phi) is 5.07. The number of carbonyl (C=O) groups excluding carboxylic acids is 2. The molecule has 0 radical (unpaired) electrons. The molecule has 2 aromatic rings. The maximum absolute atomic E-state index is 12.5. The molecule has 2 heterocycles. The van der Waals surface area contributed by atoms with Gasteiger partial charge in [0.25, 0.3) is 0 Å². The number of ketones is 1. The number of Topliss-reactive ketones (excluding diaryl/α,β-unsaturated/α-hetero) is 1. The molecular weight excluding hydrogens is 348 g/mol. The molecule has 2 N–H and O–H groups in total. The van der Waals surface area contributed by atoms with Crippen LogP contribution in [0.3, 0.4) is 0 Å². The highest BCUT2D eigenvalue weighted by Crippen LogP contribution is 2.32. The number of benzene rings is 1. The third-order valence-corrected chi connectivity index (χ3v) is 6.95. The van der Waals surface area contributed by atoms with Gasteiger partial charge in [-0.2, -0.15) is 0 Å². The summed E-state index contributed by atoms with van der Waals surface area (Å²) >= 11 is 1.47. The highest BCUT2D eigenvalue weighted by molar-refractivity contribution is 7.21. The van der Waals surface area contributed by atoms with Crippen LogP contribution >= 0.6 is 11.3 Å². The van der Waals surface area contributed by atoms with Gasteiger partial charge in [-0.05, 0) is 42.7 Å². The molecule has 1 aromatic heterocycles. The van der Waals surface area contributed by atoms with Gasteiger partial charge in [0.05, 0.1) is 11.3 Å². The first kappa shape index (κ1) is 17.6. The van der Waals surface area contributed by atoms with Gasteiger partial charge in [-0.25, -0.2) is 0 Å². The second kappa shape index (κ2) is 7.47. The summed E-state index contributed by atoms with van der Waals surface area (Å²) in [4.78, 5) is 25.4. The van der Waals surface area contributed by atoms with Gasteiger partial charge in [-0.1, -0.05) is 31.0 Å². The zero-order chi connectivity index (χ0) is 18.1. The molecule has 3 unspecified atom stereocenters. The first-order valence-electron chi connectivity index (χ1n) is 9.31. The van der Waals surface area contributed by atoms with Crippen molar-refractivity contribution in [2.45, 2.75) is 51.1 Å². The molecule has 0 spiro atoms. The van der Waals surface area contributed by atoms with Crippen molar-refractivity contribution in [3.05, 3.63) is 34.7 Å². The van der Waals surface area contributed by atoms with Crippen LogP contribution < -0.4 is 10.9 Å². The number of aryl methyl sites for hydroxylation is 1. The average Bonchev–Trinajstić information content (AvgIpc) is 3.22. The second-order valence-electron chi connectivity index (χ2n) is 7.29. The standard InChI is InChI=1S/C20H24N2O3S/c1-12-13-6-3-5-9-18(13)26-20(12)17(23)11-25-19(24)10-16-14-7-2-4-8-15(14)21-22-16/h3,5-6,9,14-16,21-22H,2,4,7-8,10-11H2,1H3. The number of thiophene rings is 1. The van der Waals surface area contributed by atoms with Crippen LogP contribution in [0.1, 0.15) is 47.3 Å². The fourth-order valence-corrected chi connectivity index (χ4v) is 5.37. The minimum absolute atomic E-state index is 0.106. The smallest absolute Gasteiger partial charge is 0.307 e. The second-order valence-corrected chi connectivity index (χ2v) is 8.34. The van der Waals surface area contributed by atoms with Crippen molar-refractivity contribution in [1.82, 2.24) is 10.9 Å². The lowest BCUT2D eigenvalue weighted by atomic mass is 9.81. The van der Waals surface area contributed by atoms with Crippen molar-refractivity contribution in [1.29, 1.82) is 0 Å². The van der Waals surface area contributed by atoms with Crippen molar-refractivity contribution in [3.63, 3.8) is 0 Å². The highest BCUT2D eigenvalue weighted by atomic mass is 32.1. The number of hydrogen-bond donors (Lipinski definition) is 2. The van der Waals surface area contributed by atoms with Gasteiger partial charge in [-0.3, -0.25) is 20.4 Å². The lowest BCUT2D eigenvalue weighted by Crippen LogP contribution is -2.34. The Morgan fingerprint density at radius 1 is 1.19 bits per heavy atom. The number of ether oxygens (including phenoxy) is 1. The summed E-state index contributed by atoms with van der Waals surface area (Å²) in [5.41, 5.74) is 7.52. The molecule has 1 saturated carbocycles. The Hall–Kier alpha value is -1.76. The summed E-state index contributed by atoms with van der Waals surface area (Å²) < 4.78 is 6.39. The number of hydrazine groups is 1. The summed E-state index contributed by atoms with van der Waals surface area (Å²) in [5, 5.41) is 1.09. The van der Waals surface area contributed by atoms with E-state index in [2.05, 4.69) is 10.9 Å². The Morgan fingerprint density at radius 2 is 2.00 bits per heavy atom. The first-order valence-corrected chi connectivity index (χ1v) is 10.1. The van der Waals surface area contributed by atoms with E-state index in [4.69, 9.17) is 4.74 Å². The van der Waals surface area contributed by atoms with Gasteiger partial charge in [-0.15, -0.1) is 11.3 Å². The maximum Gasteiger partial charge on any atom is 0.307 e. The molecule has 1 aromatic carbocycles. The van der Waals surface area contributed by atoms with Crippen LogP contribution in [0, 0.1) is 12.8 Å². The Morgan fingerprint density at radius 3 is 2.85 bits per heavy atom. The van der Waals surface area contributed by atoms with E-state index in [0.717, 1.165) is 28.5 Å². The third kappa shape index (κ3) is 3.41. The lowest BCUT2D eigenvalue weighted by molar-refractivity contribution is -0.143. The van der Waals surface area contributed by atoms with E-state index in [-0.39, 0.29) is 24.4 Å². The van der Waals surface area contributed by atoms with Crippen LogP contribution in [0.25, 0.3) is 10.1 Å². The van der Waals surface area contributed by atoms with E-state index >= 15 is 0 Å². The van der Waals surface area contributed by atoms with Crippen molar-refractivity contribution in [3.8, 4) is 0 Å². The van der Waals surface area contributed by atoms with Gasteiger partial charge in [0.1, 0.15) is 0 Å². The summed E-state index contributed by atoms with van der Waals surface area (Å²) in [6, 6.07) is 8.53. The molecule has 1 aliphatic heterocycles. The van der Waals surface area contributed by atoms with E-state index in [1.165, 1.54) is 24.2 Å².